The van der Waals surface area contributed by atoms with Gasteiger partial charge in [-0.3, -0.25) is 14.6 Å². The second-order valence-electron chi connectivity index (χ2n) is 9.09. The average molecular weight is 422 g/mol. The maximum absolute atomic E-state index is 12.4. The maximum atomic E-state index is 12.4. The van der Waals surface area contributed by atoms with Crippen LogP contribution in [-0.4, -0.2) is 36.0 Å². The Morgan fingerprint density at radius 2 is 1.90 bits per heavy atom. The summed E-state index contributed by atoms with van der Waals surface area (Å²) in [4.78, 5) is 28.6. The van der Waals surface area contributed by atoms with E-state index in [0.29, 0.717) is 30.0 Å². The minimum atomic E-state index is -0.0993. The molecular weight excluding hydrogens is 390 g/mol. The van der Waals surface area contributed by atoms with Crippen LogP contribution in [0.3, 0.4) is 0 Å². The SMILES string of the molecule is CC(C)c1ccc(OCC(=O)NC2CC(CNC(=O)[C@@H]3C[C@H]3c3cccnc3)C2)cc1. The summed E-state index contributed by atoms with van der Waals surface area (Å²) < 4.78 is 5.58. The number of carbonyl (C=O) groups is 2. The van der Waals surface area contributed by atoms with Crippen LogP contribution in [0.5, 0.6) is 5.75 Å². The number of benzene rings is 1. The average Bonchev–Trinajstić information content (AvgIpc) is 3.55. The smallest absolute Gasteiger partial charge is 0.258 e. The summed E-state index contributed by atoms with van der Waals surface area (Å²) in [5, 5.41) is 6.10. The van der Waals surface area contributed by atoms with E-state index in [2.05, 4.69) is 29.5 Å². The van der Waals surface area contributed by atoms with Gasteiger partial charge in [0.15, 0.2) is 6.61 Å². The highest BCUT2D eigenvalue weighted by atomic mass is 16.5. The van der Waals surface area contributed by atoms with Gasteiger partial charge in [-0.15, -0.1) is 0 Å². The standard InChI is InChI=1S/C25H31N3O3/c1-16(2)18-5-7-21(8-6-18)31-15-24(29)28-20-10-17(11-20)13-27-25(30)23-12-22(23)19-4-3-9-26-14-19/h3-9,14,16-17,20,22-23H,10-13,15H2,1-2H3,(H,27,30)(H,28,29)/t17?,20?,22-,23+/m0/s1. The Balaban J connectivity index is 1.09. The van der Waals surface area contributed by atoms with E-state index >= 15 is 0 Å². The Morgan fingerprint density at radius 3 is 2.58 bits per heavy atom. The fourth-order valence-corrected chi connectivity index (χ4v) is 4.21. The lowest BCUT2D eigenvalue weighted by Gasteiger charge is -2.35. The molecule has 6 heteroatoms. The van der Waals surface area contributed by atoms with Gasteiger partial charge < -0.3 is 15.4 Å². The van der Waals surface area contributed by atoms with Crippen molar-refractivity contribution in [3.63, 3.8) is 0 Å². The molecule has 0 radical (unpaired) electrons. The number of aromatic nitrogens is 1. The third-order valence-electron chi connectivity index (χ3n) is 6.32. The molecule has 1 aromatic carbocycles. The van der Waals surface area contributed by atoms with E-state index in [0.717, 1.165) is 24.8 Å². The molecule has 0 aliphatic heterocycles. The molecule has 2 saturated carbocycles. The molecule has 2 fully saturated rings. The van der Waals surface area contributed by atoms with Crippen molar-refractivity contribution >= 4 is 11.8 Å². The summed E-state index contributed by atoms with van der Waals surface area (Å²) in [6.07, 6.45) is 6.29. The van der Waals surface area contributed by atoms with E-state index in [9.17, 15) is 9.59 Å². The van der Waals surface area contributed by atoms with Crippen molar-refractivity contribution in [1.82, 2.24) is 15.6 Å². The first kappa shape index (κ1) is 21.3. The van der Waals surface area contributed by atoms with Gasteiger partial charge >= 0.3 is 0 Å². The van der Waals surface area contributed by atoms with Crippen LogP contribution in [0, 0.1) is 11.8 Å². The van der Waals surface area contributed by atoms with E-state index in [4.69, 9.17) is 4.74 Å². The van der Waals surface area contributed by atoms with Crippen LogP contribution >= 0.6 is 0 Å². The van der Waals surface area contributed by atoms with Crippen LogP contribution in [0.15, 0.2) is 48.8 Å². The molecule has 6 nitrogen and oxygen atoms in total. The van der Waals surface area contributed by atoms with Gasteiger partial charge in [0.2, 0.25) is 5.91 Å². The number of nitrogens with one attached hydrogen (secondary N) is 2. The predicted molar refractivity (Wildman–Crippen MR) is 119 cm³/mol. The summed E-state index contributed by atoms with van der Waals surface area (Å²) in [7, 11) is 0. The summed E-state index contributed by atoms with van der Waals surface area (Å²) in [5.74, 6) is 2.03. The van der Waals surface area contributed by atoms with Crippen LogP contribution < -0.4 is 15.4 Å². The highest BCUT2D eigenvalue weighted by molar-refractivity contribution is 5.82. The van der Waals surface area contributed by atoms with Crippen LogP contribution in [-0.2, 0) is 9.59 Å². The molecule has 2 N–H and O–H groups in total. The minimum Gasteiger partial charge on any atom is -0.484 e. The second-order valence-corrected chi connectivity index (χ2v) is 9.09. The Morgan fingerprint density at radius 1 is 1.13 bits per heavy atom. The summed E-state index contributed by atoms with van der Waals surface area (Å²) in [6.45, 7) is 4.99. The van der Waals surface area contributed by atoms with Crippen molar-refractivity contribution in [2.75, 3.05) is 13.2 Å². The number of hydrogen-bond donors (Lipinski definition) is 2. The number of pyridine rings is 1. The largest absolute Gasteiger partial charge is 0.484 e. The van der Waals surface area contributed by atoms with Crippen molar-refractivity contribution < 1.29 is 14.3 Å². The molecule has 2 atom stereocenters. The number of nitrogens with zero attached hydrogens (tertiary/aromatic N) is 1. The summed E-state index contributed by atoms with van der Waals surface area (Å²) >= 11 is 0. The highest BCUT2D eigenvalue weighted by Gasteiger charge is 2.44. The fraction of sp³-hybridized carbons (Fsp3) is 0.480. The Kier molecular flexibility index (Phi) is 6.54. The molecule has 164 valence electrons. The number of amides is 2. The molecule has 0 unspecified atom stereocenters. The fourth-order valence-electron chi connectivity index (χ4n) is 4.21. The molecule has 1 heterocycles. The van der Waals surface area contributed by atoms with Crippen molar-refractivity contribution in [2.24, 2.45) is 11.8 Å². The first-order chi connectivity index (χ1) is 15.0. The summed E-state index contributed by atoms with van der Waals surface area (Å²) in [5.41, 5.74) is 2.39. The van der Waals surface area contributed by atoms with Gasteiger partial charge in [-0.1, -0.05) is 32.0 Å². The van der Waals surface area contributed by atoms with E-state index in [-0.39, 0.29) is 30.4 Å². The Bertz CT molecular complexity index is 892. The third kappa shape index (κ3) is 5.63. The monoisotopic (exact) mass is 421 g/mol. The first-order valence-corrected chi connectivity index (χ1v) is 11.2. The molecule has 2 aliphatic rings. The van der Waals surface area contributed by atoms with Crippen molar-refractivity contribution in [3.8, 4) is 5.75 Å². The molecule has 4 rings (SSSR count). The molecule has 2 aliphatic carbocycles. The topological polar surface area (TPSA) is 80.3 Å². The lowest BCUT2D eigenvalue weighted by atomic mass is 9.80. The lowest BCUT2D eigenvalue weighted by molar-refractivity contribution is -0.125. The predicted octanol–water partition coefficient (Wildman–Crippen LogP) is 3.40. The quantitative estimate of drug-likeness (QED) is 0.650. The lowest BCUT2D eigenvalue weighted by Crippen LogP contribution is -2.49. The zero-order valence-corrected chi connectivity index (χ0v) is 18.2. The van der Waals surface area contributed by atoms with E-state index in [1.807, 2.05) is 42.6 Å². The van der Waals surface area contributed by atoms with E-state index < -0.39 is 0 Å². The highest BCUT2D eigenvalue weighted by Crippen LogP contribution is 2.47. The van der Waals surface area contributed by atoms with E-state index in [1.54, 1.807) is 6.20 Å². The zero-order valence-electron chi connectivity index (χ0n) is 18.2. The maximum Gasteiger partial charge on any atom is 0.258 e. The van der Waals surface area contributed by atoms with Crippen LogP contribution in [0.1, 0.15) is 56.1 Å². The van der Waals surface area contributed by atoms with Gasteiger partial charge in [-0.05, 0) is 66.3 Å². The van der Waals surface area contributed by atoms with Gasteiger partial charge in [0.25, 0.3) is 5.91 Å². The van der Waals surface area contributed by atoms with Gasteiger partial charge in [-0.25, -0.2) is 0 Å². The molecule has 1 aromatic heterocycles. The van der Waals surface area contributed by atoms with Crippen molar-refractivity contribution in [1.29, 1.82) is 0 Å². The summed E-state index contributed by atoms with van der Waals surface area (Å²) in [6, 6.07) is 12.0. The Labute approximate surface area is 183 Å². The molecule has 0 saturated heterocycles. The molecule has 2 amide bonds. The Hall–Kier alpha value is -2.89. The van der Waals surface area contributed by atoms with Gasteiger partial charge in [-0.2, -0.15) is 0 Å². The first-order valence-electron chi connectivity index (χ1n) is 11.2. The van der Waals surface area contributed by atoms with Crippen molar-refractivity contribution in [2.45, 2.75) is 51.0 Å². The van der Waals surface area contributed by atoms with Gasteiger partial charge in [0.05, 0.1) is 0 Å². The number of hydrogen-bond acceptors (Lipinski definition) is 4. The van der Waals surface area contributed by atoms with Crippen LogP contribution in [0.2, 0.25) is 0 Å². The normalized spacial score (nSPS) is 24.2. The zero-order chi connectivity index (χ0) is 21.8. The number of ether oxygens (including phenoxy) is 1. The molecule has 2 aromatic rings. The molecule has 31 heavy (non-hydrogen) atoms. The number of rotatable bonds is 9. The molecule has 0 bridgehead atoms. The van der Waals surface area contributed by atoms with Crippen LogP contribution in [0.25, 0.3) is 0 Å². The van der Waals surface area contributed by atoms with E-state index in [1.165, 1.54) is 5.56 Å². The van der Waals surface area contributed by atoms with Crippen molar-refractivity contribution in [3.05, 3.63) is 59.9 Å². The number of carbonyl (C=O) groups excluding carboxylic acids is 2. The van der Waals surface area contributed by atoms with Gasteiger partial charge in [0.1, 0.15) is 5.75 Å². The molecule has 0 spiro atoms. The van der Waals surface area contributed by atoms with Crippen LogP contribution in [0.4, 0.5) is 0 Å². The molecular formula is C25H31N3O3. The minimum absolute atomic E-state index is 0.0241. The van der Waals surface area contributed by atoms with Gasteiger partial charge in [0, 0.05) is 30.9 Å². The third-order valence-corrected chi connectivity index (χ3v) is 6.32. The second kappa shape index (κ2) is 9.50.